The van der Waals surface area contributed by atoms with Crippen molar-refractivity contribution in [1.82, 2.24) is 14.7 Å². The highest BCUT2D eigenvalue weighted by molar-refractivity contribution is 7.89. The van der Waals surface area contributed by atoms with E-state index in [1.807, 2.05) is 0 Å². The van der Waals surface area contributed by atoms with E-state index >= 15 is 0 Å². The number of amides is 1. The lowest BCUT2D eigenvalue weighted by atomic mass is 10.2. The molecule has 1 aromatic carbocycles. The van der Waals surface area contributed by atoms with Gasteiger partial charge in [-0.3, -0.25) is 9.78 Å². The fourth-order valence-corrected chi connectivity index (χ4v) is 3.32. The summed E-state index contributed by atoms with van der Waals surface area (Å²) in [5, 5.41) is 5.54. The predicted octanol–water partition coefficient (Wildman–Crippen LogP) is 1.13. The number of aryl methyl sites for hydroxylation is 1. The lowest BCUT2D eigenvalue weighted by Crippen LogP contribution is -2.29. The lowest BCUT2D eigenvalue weighted by Gasteiger charge is -2.12. The Kier molecular flexibility index (Phi) is 5.83. The van der Waals surface area contributed by atoms with Crippen molar-refractivity contribution in [1.29, 1.82) is 0 Å². The first-order valence-electron chi connectivity index (χ1n) is 7.26. The van der Waals surface area contributed by atoms with Crippen LogP contribution in [0.2, 0.25) is 0 Å². The van der Waals surface area contributed by atoms with E-state index in [0.717, 1.165) is 0 Å². The first-order chi connectivity index (χ1) is 11.4. The van der Waals surface area contributed by atoms with Crippen molar-refractivity contribution in [2.75, 3.05) is 23.7 Å². The second-order valence-corrected chi connectivity index (χ2v) is 6.81. The van der Waals surface area contributed by atoms with Crippen LogP contribution in [0.25, 0.3) is 0 Å². The van der Waals surface area contributed by atoms with Gasteiger partial charge >= 0.3 is 0 Å². The summed E-state index contributed by atoms with van der Waals surface area (Å²) in [6.07, 6.45) is 4.65. The molecular weight excluding hydrogens is 330 g/mol. The molecule has 0 saturated heterocycles. The molecule has 1 heterocycles. The minimum atomic E-state index is -3.68. The molecule has 0 aliphatic rings. The quantitative estimate of drug-likeness (QED) is 0.646. The van der Waals surface area contributed by atoms with Gasteiger partial charge in [0.15, 0.2) is 0 Å². The molecule has 0 radical (unpaired) electrons. The number of carbonyl (C=O) groups is 1. The van der Waals surface area contributed by atoms with Crippen LogP contribution in [-0.4, -0.2) is 37.4 Å². The average Bonchev–Trinajstić information content (AvgIpc) is 2.54. The van der Waals surface area contributed by atoms with Crippen molar-refractivity contribution in [3.63, 3.8) is 0 Å². The number of rotatable bonds is 7. The first kappa shape index (κ1) is 17.8. The number of aromatic nitrogens is 2. The normalized spacial score (nSPS) is 11.1. The van der Waals surface area contributed by atoms with Gasteiger partial charge in [0.25, 0.3) is 0 Å². The smallest absolute Gasteiger partial charge is 0.240 e. The molecule has 1 aromatic heterocycles. The average molecular weight is 349 g/mol. The molecule has 0 spiro atoms. The van der Waals surface area contributed by atoms with E-state index in [1.54, 1.807) is 37.6 Å². The van der Waals surface area contributed by atoms with Crippen molar-refractivity contribution in [3.8, 4) is 0 Å². The summed E-state index contributed by atoms with van der Waals surface area (Å²) in [5.74, 6) is 0.309. The summed E-state index contributed by atoms with van der Waals surface area (Å²) >= 11 is 0. The zero-order chi connectivity index (χ0) is 17.6. The van der Waals surface area contributed by atoms with Gasteiger partial charge in [-0.15, -0.1) is 0 Å². The number of anilines is 2. The summed E-state index contributed by atoms with van der Waals surface area (Å²) in [4.78, 5) is 19.2. The Morgan fingerprint density at radius 2 is 2.00 bits per heavy atom. The number of sulfonamides is 1. The van der Waals surface area contributed by atoms with Gasteiger partial charge in [-0.05, 0) is 24.6 Å². The van der Waals surface area contributed by atoms with E-state index in [4.69, 9.17) is 0 Å². The molecule has 1 amide bonds. The van der Waals surface area contributed by atoms with Gasteiger partial charge in [-0.25, -0.2) is 18.1 Å². The van der Waals surface area contributed by atoms with Crippen molar-refractivity contribution in [3.05, 3.63) is 42.4 Å². The SMILES string of the molecule is CC(=O)Nc1ccc(C)c(S(=O)(=O)NCCNc2cnccn2)c1. The molecular formula is C15H19N5O3S. The van der Waals surface area contributed by atoms with Crippen LogP contribution >= 0.6 is 0 Å². The van der Waals surface area contributed by atoms with E-state index in [9.17, 15) is 13.2 Å². The third-order valence-electron chi connectivity index (χ3n) is 3.08. The van der Waals surface area contributed by atoms with E-state index in [2.05, 4.69) is 25.3 Å². The Morgan fingerprint density at radius 3 is 2.67 bits per heavy atom. The largest absolute Gasteiger partial charge is 0.367 e. The summed E-state index contributed by atoms with van der Waals surface area (Å²) in [5.41, 5.74) is 1.03. The lowest BCUT2D eigenvalue weighted by molar-refractivity contribution is -0.114. The maximum Gasteiger partial charge on any atom is 0.240 e. The fraction of sp³-hybridized carbons (Fsp3) is 0.267. The van der Waals surface area contributed by atoms with Gasteiger partial charge < -0.3 is 10.6 Å². The van der Waals surface area contributed by atoms with Crippen LogP contribution in [-0.2, 0) is 14.8 Å². The molecule has 0 aliphatic heterocycles. The van der Waals surface area contributed by atoms with Crippen LogP contribution in [0.15, 0.2) is 41.7 Å². The fourth-order valence-electron chi connectivity index (χ4n) is 2.01. The van der Waals surface area contributed by atoms with E-state index in [1.165, 1.54) is 13.0 Å². The molecule has 0 saturated carbocycles. The second kappa shape index (κ2) is 7.84. The molecule has 0 unspecified atom stereocenters. The van der Waals surface area contributed by atoms with Crippen LogP contribution in [0.4, 0.5) is 11.5 Å². The Hall–Kier alpha value is -2.52. The molecule has 8 nitrogen and oxygen atoms in total. The van der Waals surface area contributed by atoms with Crippen molar-refractivity contribution >= 4 is 27.4 Å². The number of hydrogen-bond acceptors (Lipinski definition) is 6. The first-order valence-corrected chi connectivity index (χ1v) is 8.74. The Balaban J connectivity index is 2.00. The zero-order valence-electron chi connectivity index (χ0n) is 13.4. The van der Waals surface area contributed by atoms with Crippen molar-refractivity contribution < 1.29 is 13.2 Å². The van der Waals surface area contributed by atoms with Gasteiger partial charge in [0.05, 0.1) is 11.1 Å². The maximum atomic E-state index is 12.4. The zero-order valence-corrected chi connectivity index (χ0v) is 14.2. The number of carbonyl (C=O) groups excluding carboxylic acids is 1. The number of nitrogens with zero attached hydrogens (tertiary/aromatic N) is 2. The molecule has 2 aromatic rings. The van der Waals surface area contributed by atoms with Crippen molar-refractivity contribution in [2.45, 2.75) is 18.7 Å². The van der Waals surface area contributed by atoms with Crippen molar-refractivity contribution in [2.24, 2.45) is 0 Å². The number of benzene rings is 1. The topological polar surface area (TPSA) is 113 Å². The van der Waals surface area contributed by atoms with E-state index in [0.29, 0.717) is 23.6 Å². The molecule has 0 aliphatic carbocycles. The molecule has 128 valence electrons. The third-order valence-corrected chi connectivity index (χ3v) is 4.69. The Labute approximate surface area is 140 Å². The molecule has 9 heteroatoms. The molecule has 0 bridgehead atoms. The molecule has 3 N–H and O–H groups in total. The van der Waals surface area contributed by atoms with E-state index in [-0.39, 0.29) is 17.3 Å². The van der Waals surface area contributed by atoms with Crippen LogP contribution in [0, 0.1) is 6.92 Å². The molecule has 0 atom stereocenters. The molecule has 0 fully saturated rings. The number of hydrogen-bond donors (Lipinski definition) is 3. The highest BCUT2D eigenvalue weighted by atomic mass is 32.2. The highest BCUT2D eigenvalue weighted by Gasteiger charge is 2.17. The number of nitrogens with one attached hydrogen (secondary N) is 3. The molecule has 2 rings (SSSR count). The minimum Gasteiger partial charge on any atom is -0.367 e. The Bertz CT molecular complexity index is 809. The van der Waals surface area contributed by atoms with Crippen LogP contribution in [0.1, 0.15) is 12.5 Å². The maximum absolute atomic E-state index is 12.4. The van der Waals surface area contributed by atoms with Gasteiger partial charge in [-0.1, -0.05) is 6.07 Å². The minimum absolute atomic E-state index is 0.133. The monoisotopic (exact) mass is 349 g/mol. The summed E-state index contributed by atoms with van der Waals surface area (Å²) < 4.78 is 27.4. The standard InChI is InChI=1S/C15H19N5O3S/c1-11-3-4-13(20-12(2)21)9-14(11)24(22,23)19-8-7-18-15-10-16-5-6-17-15/h3-6,9-10,19H,7-8H2,1-2H3,(H,17,18)(H,20,21). The van der Waals surface area contributed by atoms with E-state index < -0.39 is 10.0 Å². The molecule has 24 heavy (non-hydrogen) atoms. The van der Waals surface area contributed by atoms with Crippen LogP contribution < -0.4 is 15.4 Å². The Morgan fingerprint density at radius 1 is 1.21 bits per heavy atom. The highest BCUT2D eigenvalue weighted by Crippen LogP contribution is 2.20. The summed E-state index contributed by atoms with van der Waals surface area (Å²) in [6.45, 7) is 3.61. The van der Waals surface area contributed by atoms with Gasteiger partial charge in [-0.2, -0.15) is 0 Å². The van der Waals surface area contributed by atoms with Gasteiger partial charge in [0, 0.05) is 38.1 Å². The summed E-state index contributed by atoms with van der Waals surface area (Å²) in [6, 6.07) is 4.75. The second-order valence-electron chi connectivity index (χ2n) is 5.08. The van der Waals surface area contributed by atoms with Crippen LogP contribution in [0.3, 0.4) is 0 Å². The predicted molar refractivity (Wildman–Crippen MR) is 91.2 cm³/mol. The summed E-state index contributed by atoms with van der Waals surface area (Å²) in [7, 11) is -3.68. The van der Waals surface area contributed by atoms with Gasteiger partial charge in [0.2, 0.25) is 15.9 Å². The van der Waals surface area contributed by atoms with Gasteiger partial charge in [0.1, 0.15) is 5.82 Å². The third kappa shape index (κ3) is 5.00. The van der Waals surface area contributed by atoms with Crippen LogP contribution in [0.5, 0.6) is 0 Å².